The molecule has 1 aliphatic heterocycles. The normalized spacial score (nSPS) is 22.0. The Bertz CT molecular complexity index is 578. The van der Waals surface area contributed by atoms with Crippen LogP contribution in [-0.2, 0) is 0 Å². The summed E-state index contributed by atoms with van der Waals surface area (Å²) >= 11 is 0. The number of rotatable bonds is 5. The molecule has 2 aromatic rings. The predicted octanol–water partition coefficient (Wildman–Crippen LogP) is 4.91. The maximum atomic E-state index is 2.67. The summed E-state index contributed by atoms with van der Waals surface area (Å²) in [7, 11) is 3.97. The first-order chi connectivity index (χ1) is 11.6. The molecule has 0 spiro atoms. The first-order valence-corrected chi connectivity index (χ1v) is 9.90. The van der Waals surface area contributed by atoms with Crippen molar-refractivity contribution in [2.45, 2.75) is 25.9 Å². The van der Waals surface area contributed by atoms with Gasteiger partial charge in [-0.3, -0.25) is 4.67 Å². The zero-order valence-electron chi connectivity index (χ0n) is 15.1. The van der Waals surface area contributed by atoms with E-state index >= 15 is 0 Å². The zero-order valence-corrected chi connectivity index (χ0v) is 16.0. The first kappa shape index (κ1) is 17.6. The fraction of sp³-hybridized carbons (Fsp3) is 0.400. The molecule has 24 heavy (non-hydrogen) atoms. The fourth-order valence-electron chi connectivity index (χ4n) is 3.50. The van der Waals surface area contributed by atoms with Crippen molar-refractivity contribution < 1.29 is 0 Å². The van der Waals surface area contributed by atoms with Crippen LogP contribution in [0.3, 0.4) is 0 Å². The molecule has 2 aromatic carbocycles. The molecule has 3 nitrogen and oxygen atoms in total. The van der Waals surface area contributed by atoms with Gasteiger partial charge in [-0.2, -0.15) is 0 Å². The van der Waals surface area contributed by atoms with Crippen molar-refractivity contribution in [1.29, 1.82) is 0 Å². The van der Waals surface area contributed by atoms with E-state index in [0.29, 0.717) is 12.1 Å². The predicted molar refractivity (Wildman–Crippen MR) is 104 cm³/mol. The number of hydrogen-bond acceptors (Lipinski definition) is 3. The molecule has 1 aliphatic rings. The van der Waals surface area contributed by atoms with Crippen LogP contribution >= 0.6 is 8.37 Å². The van der Waals surface area contributed by atoms with Gasteiger partial charge in [-0.25, -0.2) is 9.34 Å². The molecule has 0 radical (unpaired) electrons. The number of nitrogens with zero attached hydrogens (tertiary/aromatic N) is 3. The van der Waals surface area contributed by atoms with Gasteiger partial charge in [0.25, 0.3) is 0 Å². The molecule has 0 N–H and O–H groups in total. The lowest BCUT2D eigenvalue weighted by molar-refractivity contribution is 0.377. The Hall–Kier alpha value is -1.25. The summed E-state index contributed by atoms with van der Waals surface area (Å²) in [5.41, 5.74) is 2.81. The Labute approximate surface area is 147 Å². The number of hydrogen-bond donors (Lipinski definition) is 0. The van der Waals surface area contributed by atoms with Crippen molar-refractivity contribution in [3.05, 3.63) is 71.8 Å². The van der Waals surface area contributed by atoms with E-state index in [1.807, 2.05) is 0 Å². The molecule has 4 heteroatoms. The molecule has 2 unspecified atom stereocenters. The lowest BCUT2D eigenvalue weighted by atomic mass is 10.1. The van der Waals surface area contributed by atoms with Crippen LogP contribution in [-0.4, -0.2) is 41.2 Å². The van der Waals surface area contributed by atoms with E-state index in [9.17, 15) is 0 Å². The van der Waals surface area contributed by atoms with Crippen molar-refractivity contribution in [3.63, 3.8) is 0 Å². The molecule has 1 heterocycles. The maximum Gasteiger partial charge on any atom is 0.120 e. The van der Waals surface area contributed by atoms with Crippen LogP contribution in [0.5, 0.6) is 0 Å². The Kier molecular flexibility index (Phi) is 5.68. The van der Waals surface area contributed by atoms with Crippen LogP contribution in [0.4, 0.5) is 0 Å². The van der Waals surface area contributed by atoms with Crippen LogP contribution in [0, 0.1) is 0 Å². The lowest BCUT2D eigenvalue weighted by Gasteiger charge is -2.39. The van der Waals surface area contributed by atoms with Gasteiger partial charge in [0.15, 0.2) is 0 Å². The van der Waals surface area contributed by atoms with Gasteiger partial charge in [-0.15, -0.1) is 0 Å². The summed E-state index contributed by atoms with van der Waals surface area (Å²) < 4.78 is 7.75. The minimum Gasteiger partial charge on any atom is -0.263 e. The highest BCUT2D eigenvalue weighted by molar-refractivity contribution is 7.50. The quantitative estimate of drug-likeness (QED) is 0.715. The highest BCUT2D eigenvalue weighted by Crippen LogP contribution is 2.57. The number of benzene rings is 2. The van der Waals surface area contributed by atoms with Crippen molar-refractivity contribution in [2.75, 3.05) is 27.2 Å². The second-order valence-corrected chi connectivity index (χ2v) is 8.98. The average molecular weight is 341 g/mol. The summed E-state index contributed by atoms with van der Waals surface area (Å²) in [6, 6.07) is 22.6. The van der Waals surface area contributed by atoms with Gasteiger partial charge in [-0.05, 0) is 39.1 Å². The van der Waals surface area contributed by atoms with E-state index in [-0.39, 0.29) is 0 Å². The topological polar surface area (TPSA) is 9.72 Å². The monoisotopic (exact) mass is 341 g/mol. The highest BCUT2D eigenvalue weighted by Gasteiger charge is 2.39. The maximum absolute atomic E-state index is 2.67. The van der Waals surface area contributed by atoms with Crippen LogP contribution in [0.25, 0.3) is 0 Å². The van der Waals surface area contributed by atoms with Gasteiger partial charge in [0, 0.05) is 25.2 Å². The minimum atomic E-state index is -0.457. The average Bonchev–Trinajstić information content (AvgIpc) is 3.07. The van der Waals surface area contributed by atoms with Crippen molar-refractivity contribution in [3.8, 4) is 0 Å². The fourth-order valence-corrected chi connectivity index (χ4v) is 6.13. The molecule has 1 saturated heterocycles. The molecule has 0 saturated carbocycles. The third-order valence-electron chi connectivity index (χ3n) is 4.83. The second-order valence-electron chi connectivity index (χ2n) is 6.62. The van der Waals surface area contributed by atoms with Crippen LogP contribution in [0.2, 0.25) is 0 Å². The van der Waals surface area contributed by atoms with Crippen LogP contribution < -0.4 is 0 Å². The molecule has 0 aliphatic carbocycles. The molecule has 3 rings (SSSR count). The van der Waals surface area contributed by atoms with Crippen LogP contribution in [0.1, 0.15) is 37.1 Å². The molecular weight excluding hydrogens is 313 g/mol. The Morgan fingerprint density at radius 2 is 1.12 bits per heavy atom. The van der Waals surface area contributed by atoms with Gasteiger partial charge in [-0.1, -0.05) is 60.7 Å². The summed E-state index contributed by atoms with van der Waals surface area (Å²) in [4.78, 5) is 0. The van der Waals surface area contributed by atoms with Gasteiger partial charge in [0.05, 0.1) is 0 Å². The van der Waals surface area contributed by atoms with Crippen LogP contribution in [0.15, 0.2) is 60.7 Å². The molecule has 0 bridgehead atoms. The van der Waals surface area contributed by atoms with Gasteiger partial charge >= 0.3 is 0 Å². The second kappa shape index (κ2) is 7.76. The van der Waals surface area contributed by atoms with Gasteiger partial charge in [0.1, 0.15) is 8.37 Å². The molecule has 1 fully saturated rings. The van der Waals surface area contributed by atoms with E-state index in [4.69, 9.17) is 0 Å². The Morgan fingerprint density at radius 3 is 1.46 bits per heavy atom. The summed E-state index contributed by atoms with van der Waals surface area (Å²) in [6.45, 7) is 6.92. The summed E-state index contributed by atoms with van der Waals surface area (Å²) in [5.74, 6) is 0. The van der Waals surface area contributed by atoms with Crippen molar-refractivity contribution in [2.24, 2.45) is 0 Å². The zero-order chi connectivity index (χ0) is 17.1. The highest BCUT2D eigenvalue weighted by atomic mass is 31.2. The van der Waals surface area contributed by atoms with E-state index in [1.165, 1.54) is 11.1 Å². The molecule has 0 amide bonds. The standard InChI is InChI=1S/C20H28N3P/c1-17(19-11-7-5-8-12-19)22-15-16-23(24(22)21(3)4)18(2)20-13-9-6-10-14-20/h5-14,17-18H,15-16H2,1-4H3. The van der Waals surface area contributed by atoms with E-state index in [1.54, 1.807) is 0 Å². The smallest absolute Gasteiger partial charge is 0.120 e. The van der Waals surface area contributed by atoms with E-state index < -0.39 is 8.37 Å². The minimum absolute atomic E-state index is 0.438. The van der Waals surface area contributed by atoms with E-state index in [2.05, 4.69) is 103 Å². The lowest BCUT2D eigenvalue weighted by Crippen LogP contribution is -2.28. The van der Waals surface area contributed by atoms with Crippen molar-refractivity contribution in [1.82, 2.24) is 14.0 Å². The summed E-state index contributed by atoms with van der Waals surface area (Å²) in [6.07, 6.45) is 0. The Balaban J connectivity index is 1.83. The SMILES string of the molecule is CC(c1ccccc1)N1CCN(C(C)c2ccccc2)P1N(C)C. The van der Waals surface area contributed by atoms with Gasteiger partial charge < -0.3 is 0 Å². The molecule has 2 atom stereocenters. The molecular formula is C20H28N3P. The third-order valence-corrected chi connectivity index (χ3v) is 7.56. The Morgan fingerprint density at radius 1 is 0.750 bits per heavy atom. The van der Waals surface area contributed by atoms with Crippen molar-refractivity contribution >= 4 is 8.37 Å². The largest absolute Gasteiger partial charge is 0.263 e. The third kappa shape index (κ3) is 3.55. The van der Waals surface area contributed by atoms with E-state index in [0.717, 1.165) is 13.1 Å². The van der Waals surface area contributed by atoms with Gasteiger partial charge in [0.2, 0.25) is 0 Å². The summed E-state index contributed by atoms with van der Waals surface area (Å²) in [5, 5.41) is 0. The molecule has 0 aromatic heterocycles. The molecule has 128 valence electrons. The first-order valence-electron chi connectivity index (χ1n) is 8.70.